The molecule has 0 aliphatic carbocycles. The molecule has 9 unspecified atom stereocenters. The molecule has 11 nitrogen and oxygen atoms in total. The molecular weight excluding hydrogens is 847 g/mol. The van der Waals surface area contributed by atoms with Gasteiger partial charge in [-0.05, 0) is 12.8 Å². The number of hydrogen-bond donors (Lipinski definition) is 8. The van der Waals surface area contributed by atoms with Crippen molar-refractivity contribution < 1.29 is 50.0 Å². The summed E-state index contributed by atoms with van der Waals surface area (Å²) in [4.78, 5) is 13.2. The van der Waals surface area contributed by atoms with Gasteiger partial charge >= 0.3 is 0 Å². The van der Waals surface area contributed by atoms with Crippen LogP contribution < -0.4 is 5.32 Å². The lowest BCUT2D eigenvalue weighted by molar-refractivity contribution is -0.303. The van der Waals surface area contributed by atoms with E-state index in [2.05, 4.69) is 19.2 Å². The van der Waals surface area contributed by atoms with Gasteiger partial charge in [0.05, 0.1) is 25.4 Å². The highest BCUT2D eigenvalue weighted by Gasteiger charge is 2.44. The Balaban J connectivity index is 2.31. The average Bonchev–Trinajstić information content (AvgIpc) is 3.33. The average molecular weight is 959 g/mol. The summed E-state index contributed by atoms with van der Waals surface area (Å²) >= 11 is 0. The minimum Gasteiger partial charge on any atom is -0.394 e. The van der Waals surface area contributed by atoms with Crippen LogP contribution in [0.5, 0.6) is 0 Å². The van der Waals surface area contributed by atoms with Crippen molar-refractivity contribution in [3.8, 4) is 0 Å². The molecule has 1 heterocycles. The van der Waals surface area contributed by atoms with E-state index in [-0.39, 0.29) is 6.42 Å². The number of carbonyl (C=O) groups is 1. The van der Waals surface area contributed by atoms with Gasteiger partial charge in [-0.3, -0.25) is 4.79 Å². The molecule has 0 radical (unpaired) electrons. The largest absolute Gasteiger partial charge is 0.394 e. The molecule has 1 aliphatic heterocycles. The molecule has 1 saturated heterocycles. The summed E-state index contributed by atoms with van der Waals surface area (Å²) in [5.41, 5.74) is 0. The Hall–Kier alpha value is -0.890. The Morgan fingerprint density at radius 1 is 0.463 bits per heavy atom. The van der Waals surface area contributed by atoms with Gasteiger partial charge in [0.2, 0.25) is 5.91 Å². The van der Waals surface area contributed by atoms with Crippen LogP contribution in [0, 0.1) is 0 Å². The van der Waals surface area contributed by atoms with Gasteiger partial charge < -0.3 is 50.5 Å². The number of nitrogens with one attached hydrogen (secondary N) is 1. The second-order valence-electron chi connectivity index (χ2n) is 20.7. The monoisotopic (exact) mass is 958 g/mol. The fraction of sp³-hybridized carbons (Fsp3) is 0.982. The number of hydrogen-bond acceptors (Lipinski definition) is 10. The predicted octanol–water partition coefficient (Wildman–Crippen LogP) is 11.8. The minimum atomic E-state index is -1.66. The molecule has 11 heteroatoms. The second kappa shape index (κ2) is 46.2. The molecule has 400 valence electrons. The molecule has 67 heavy (non-hydrogen) atoms. The zero-order valence-corrected chi connectivity index (χ0v) is 43.7. The minimum absolute atomic E-state index is 0.267. The first-order chi connectivity index (χ1) is 32.7. The lowest BCUT2D eigenvalue weighted by atomic mass is 9.98. The van der Waals surface area contributed by atoms with E-state index in [0.717, 1.165) is 38.5 Å². The van der Waals surface area contributed by atoms with Gasteiger partial charge in [0, 0.05) is 0 Å². The Morgan fingerprint density at radius 2 is 0.776 bits per heavy atom. The molecule has 1 rings (SSSR count). The number of rotatable bonds is 50. The van der Waals surface area contributed by atoms with Crippen LogP contribution in [-0.2, 0) is 14.3 Å². The van der Waals surface area contributed by atoms with Crippen LogP contribution in [0.1, 0.15) is 284 Å². The lowest BCUT2D eigenvalue weighted by Crippen LogP contribution is -2.60. The van der Waals surface area contributed by atoms with Crippen molar-refractivity contribution in [2.75, 3.05) is 13.2 Å². The molecule has 9 atom stereocenters. The van der Waals surface area contributed by atoms with E-state index >= 15 is 0 Å². The summed E-state index contributed by atoms with van der Waals surface area (Å²) in [6.07, 6.45) is 40.0. The van der Waals surface area contributed by atoms with Crippen molar-refractivity contribution in [1.82, 2.24) is 5.32 Å². The maximum absolute atomic E-state index is 13.2. The van der Waals surface area contributed by atoms with Gasteiger partial charge in [-0.1, -0.05) is 271 Å². The zero-order valence-electron chi connectivity index (χ0n) is 43.7. The van der Waals surface area contributed by atoms with Crippen molar-refractivity contribution >= 4 is 5.91 Å². The molecule has 1 fully saturated rings. The number of unbranched alkanes of at least 4 members (excludes halogenated alkanes) is 38. The number of amides is 1. The zero-order chi connectivity index (χ0) is 49.0. The van der Waals surface area contributed by atoms with Crippen LogP contribution in [0.3, 0.4) is 0 Å². The fourth-order valence-corrected chi connectivity index (χ4v) is 9.68. The summed E-state index contributed by atoms with van der Waals surface area (Å²) in [7, 11) is 0. The first kappa shape index (κ1) is 64.1. The first-order valence-corrected chi connectivity index (χ1v) is 28.9. The molecule has 1 amide bonds. The molecule has 8 N–H and O–H groups in total. The Bertz CT molecular complexity index is 1050. The van der Waals surface area contributed by atoms with Gasteiger partial charge in [-0.2, -0.15) is 0 Å². The van der Waals surface area contributed by atoms with E-state index in [1.54, 1.807) is 0 Å². The van der Waals surface area contributed by atoms with Gasteiger partial charge in [0.25, 0.3) is 0 Å². The van der Waals surface area contributed by atoms with Crippen molar-refractivity contribution in [3.05, 3.63) is 0 Å². The first-order valence-electron chi connectivity index (χ1n) is 28.9. The third-order valence-corrected chi connectivity index (χ3v) is 14.4. The fourth-order valence-electron chi connectivity index (χ4n) is 9.68. The summed E-state index contributed by atoms with van der Waals surface area (Å²) in [6, 6.07) is -1.16. The Labute approximate surface area is 411 Å². The van der Waals surface area contributed by atoms with Crippen LogP contribution in [0.25, 0.3) is 0 Å². The topological polar surface area (TPSA) is 189 Å². The van der Waals surface area contributed by atoms with E-state index in [4.69, 9.17) is 9.47 Å². The SMILES string of the molecule is CCCCCCCCCCCCCCCCCCCCCCCC(O)C(O)C(COC1OC(CO)C(O)C(O)C1O)NC(=O)C(O)CCCCCCCCCCCCCCCCCCCCC. The number of aliphatic hydroxyl groups is 7. The molecule has 0 aromatic carbocycles. The maximum atomic E-state index is 13.2. The highest BCUT2D eigenvalue weighted by atomic mass is 16.7. The van der Waals surface area contributed by atoms with E-state index in [9.17, 15) is 40.5 Å². The number of aliphatic hydroxyl groups excluding tert-OH is 7. The smallest absolute Gasteiger partial charge is 0.249 e. The van der Waals surface area contributed by atoms with E-state index < -0.39 is 74.2 Å². The third kappa shape index (κ3) is 35.0. The van der Waals surface area contributed by atoms with Crippen LogP contribution in [0.4, 0.5) is 0 Å². The quantitative estimate of drug-likeness (QED) is 0.0273. The van der Waals surface area contributed by atoms with Crippen molar-refractivity contribution in [3.63, 3.8) is 0 Å². The normalized spacial score (nSPS) is 20.5. The summed E-state index contributed by atoms with van der Waals surface area (Å²) < 4.78 is 11.2. The van der Waals surface area contributed by atoms with Gasteiger partial charge in [0.15, 0.2) is 6.29 Å². The molecule has 0 bridgehead atoms. The van der Waals surface area contributed by atoms with Gasteiger partial charge in [0.1, 0.15) is 36.6 Å². The highest BCUT2D eigenvalue weighted by molar-refractivity contribution is 5.80. The summed E-state index contributed by atoms with van der Waals surface area (Å²) in [5.74, 6) is -0.690. The lowest BCUT2D eigenvalue weighted by Gasteiger charge is -2.40. The second-order valence-corrected chi connectivity index (χ2v) is 20.7. The van der Waals surface area contributed by atoms with E-state index in [0.29, 0.717) is 19.3 Å². The van der Waals surface area contributed by atoms with Gasteiger partial charge in [-0.15, -0.1) is 0 Å². The third-order valence-electron chi connectivity index (χ3n) is 14.4. The van der Waals surface area contributed by atoms with Gasteiger partial charge in [-0.25, -0.2) is 0 Å². The Kier molecular flexibility index (Phi) is 44.2. The molecular formula is C56H111NO10. The van der Waals surface area contributed by atoms with Crippen LogP contribution in [0.15, 0.2) is 0 Å². The van der Waals surface area contributed by atoms with Crippen molar-refractivity contribution in [2.45, 2.75) is 339 Å². The van der Waals surface area contributed by atoms with Crippen LogP contribution >= 0.6 is 0 Å². The van der Waals surface area contributed by atoms with Crippen molar-refractivity contribution in [1.29, 1.82) is 0 Å². The van der Waals surface area contributed by atoms with E-state index in [1.807, 2.05) is 0 Å². The molecule has 0 saturated carbocycles. The van der Waals surface area contributed by atoms with E-state index in [1.165, 1.54) is 205 Å². The van der Waals surface area contributed by atoms with Crippen LogP contribution in [-0.4, -0.2) is 110 Å². The van der Waals surface area contributed by atoms with Crippen LogP contribution in [0.2, 0.25) is 0 Å². The standard InChI is InChI=1S/C56H111NO10/c1-3-5-7-9-11-13-15-17-19-21-23-24-26-27-29-31-33-35-37-39-41-43-48(59)51(61)47(46-66-56-54(64)53(63)52(62)50(45-58)67-56)57-55(65)49(60)44-42-40-38-36-34-32-30-28-25-22-20-18-16-14-12-10-8-6-4-2/h47-54,56,58-64H,3-46H2,1-2H3,(H,57,65). The summed E-state index contributed by atoms with van der Waals surface area (Å²) in [5, 5.41) is 76.2. The number of carbonyl (C=O) groups excluding carboxylic acids is 1. The Morgan fingerprint density at radius 3 is 1.10 bits per heavy atom. The van der Waals surface area contributed by atoms with Crippen molar-refractivity contribution in [2.24, 2.45) is 0 Å². The maximum Gasteiger partial charge on any atom is 0.249 e. The molecule has 0 aromatic rings. The number of ether oxygens (including phenoxy) is 2. The molecule has 1 aliphatic rings. The molecule has 0 aromatic heterocycles. The predicted molar refractivity (Wildman–Crippen MR) is 275 cm³/mol. The highest BCUT2D eigenvalue weighted by Crippen LogP contribution is 2.24. The summed E-state index contributed by atoms with van der Waals surface area (Å²) in [6.45, 7) is 3.50. The molecule has 0 spiro atoms.